The zero-order valence-electron chi connectivity index (χ0n) is 19.6. The van der Waals surface area contributed by atoms with Crippen molar-refractivity contribution in [3.63, 3.8) is 0 Å². The fourth-order valence-electron chi connectivity index (χ4n) is 4.98. The van der Waals surface area contributed by atoms with Crippen LogP contribution in [0.2, 0.25) is 0 Å². The molecule has 0 atom stereocenters. The third kappa shape index (κ3) is 8.68. The van der Waals surface area contributed by atoms with Crippen molar-refractivity contribution in [2.45, 2.75) is 96.3 Å². The molecule has 0 saturated heterocycles. The van der Waals surface area contributed by atoms with Crippen molar-refractivity contribution in [2.75, 3.05) is 0 Å². The highest BCUT2D eigenvalue weighted by molar-refractivity contribution is 5.30. The number of halogens is 4. The summed E-state index contributed by atoms with van der Waals surface area (Å²) in [6.07, 6.45) is 9.18. The maximum atomic E-state index is 14.8. The first-order valence-electron chi connectivity index (χ1n) is 12.5. The zero-order valence-corrected chi connectivity index (χ0v) is 19.6. The molecular weight excluding hydrogens is 428 g/mol. The van der Waals surface area contributed by atoms with Gasteiger partial charge in [0.05, 0.1) is 0 Å². The molecule has 182 valence electrons. The van der Waals surface area contributed by atoms with E-state index in [-0.39, 0.29) is 11.6 Å². The molecule has 0 bridgehead atoms. The third-order valence-corrected chi connectivity index (χ3v) is 6.95. The van der Waals surface area contributed by atoms with E-state index in [2.05, 4.69) is 17.7 Å². The molecule has 0 radical (unpaired) electrons. The molecule has 2 aromatic rings. The van der Waals surface area contributed by atoms with Gasteiger partial charge in [-0.1, -0.05) is 69.7 Å². The summed E-state index contributed by atoms with van der Waals surface area (Å²) < 4.78 is 55.4. The molecule has 0 spiro atoms. The molecule has 0 amide bonds. The van der Waals surface area contributed by atoms with Crippen LogP contribution in [0.3, 0.4) is 0 Å². The Morgan fingerprint density at radius 1 is 0.848 bits per heavy atom. The topological polar surface area (TPSA) is 9.23 Å². The Balaban J connectivity index is 1.44. The van der Waals surface area contributed by atoms with E-state index in [1.807, 2.05) is 6.07 Å². The minimum atomic E-state index is -4.69. The van der Waals surface area contributed by atoms with E-state index in [9.17, 15) is 17.6 Å². The van der Waals surface area contributed by atoms with Gasteiger partial charge in [0.2, 0.25) is 0 Å². The lowest BCUT2D eigenvalue weighted by Gasteiger charge is -2.29. The fourth-order valence-corrected chi connectivity index (χ4v) is 4.98. The fraction of sp³-hybridized carbons (Fsp3) is 0.571. The molecular formula is C28H36F4O. The van der Waals surface area contributed by atoms with Crippen LogP contribution >= 0.6 is 0 Å². The maximum Gasteiger partial charge on any atom is 0.573 e. The van der Waals surface area contributed by atoms with Crippen LogP contribution in [0, 0.1) is 11.7 Å². The molecule has 0 heterocycles. The van der Waals surface area contributed by atoms with Crippen molar-refractivity contribution in [3.8, 4) is 5.75 Å². The molecule has 0 aliphatic heterocycles. The lowest BCUT2D eigenvalue weighted by Crippen LogP contribution is -2.17. The highest BCUT2D eigenvalue weighted by Gasteiger charge is 2.31. The zero-order chi connectivity index (χ0) is 23.7. The lowest BCUT2D eigenvalue weighted by molar-refractivity contribution is -0.274. The van der Waals surface area contributed by atoms with E-state index >= 15 is 0 Å². The molecule has 1 aliphatic rings. The number of benzene rings is 2. The first kappa shape index (κ1) is 25.6. The van der Waals surface area contributed by atoms with E-state index < -0.39 is 6.36 Å². The SMILES string of the molecule is CCCCCCCC1CCC(c2ccc(CCc3ccc(OC(F)(F)F)cc3)c(F)c2)CC1. The van der Waals surface area contributed by atoms with Gasteiger partial charge < -0.3 is 4.74 Å². The molecule has 2 aromatic carbocycles. The van der Waals surface area contributed by atoms with Crippen LogP contribution in [0.25, 0.3) is 0 Å². The maximum absolute atomic E-state index is 14.8. The normalized spacial score (nSPS) is 18.9. The predicted molar refractivity (Wildman–Crippen MR) is 125 cm³/mol. The molecule has 1 aliphatic carbocycles. The average molecular weight is 465 g/mol. The summed E-state index contributed by atoms with van der Waals surface area (Å²) in [7, 11) is 0. The third-order valence-electron chi connectivity index (χ3n) is 6.95. The standard InChI is InChI=1S/C28H36F4O/c1-2-3-4-5-6-7-21-8-13-23(14-9-21)25-17-16-24(27(29)20-25)15-10-22-11-18-26(19-12-22)33-28(30,31)32/h11-12,16-21,23H,2-10,13-15H2,1H3. The molecule has 0 unspecified atom stereocenters. The van der Waals surface area contributed by atoms with Gasteiger partial charge in [-0.05, 0) is 85.3 Å². The highest BCUT2D eigenvalue weighted by Crippen LogP contribution is 2.38. The number of ether oxygens (including phenoxy) is 1. The number of hydrogen-bond acceptors (Lipinski definition) is 1. The number of hydrogen-bond donors (Lipinski definition) is 0. The second kappa shape index (κ2) is 12.4. The van der Waals surface area contributed by atoms with Crippen LogP contribution in [0.5, 0.6) is 5.75 Å². The first-order valence-corrected chi connectivity index (χ1v) is 12.5. The molecule has 0 N–H and O–H groups in total. The molecule has 3 rings (SSSR count). The molecule has 1 fully saturated rings. The average Bonchev–Trinajstić information content (AvgIpc) is 2.78. The van der Waals surface area contributed by atoms with Gasteiger partial charge in [-0.15, -0.1) is 13.2 Å². The van der Waals surface area contributed by atoms with E-state index in [0.717, 1.165) is 29.9 Å². The number of aryl methyl sites for hydroxylation is 2. The van der Waals surface area contributed by atoms with Crippen molar-refractivity contribution < 1.29 is 22.3 Å². The van der Waals surface area contributed by atoms with Gasteiger partial charge in [0.1, 0.15) is 11.6 Å². The van der Waals surface area contributed by atoms with Crippen molar-refractivity contribution in [2.24, 2.45) is 5.92 Å². The number of alkyl halides is 3. The summed E-state index contributed by atoms with van der Waals surface area (Å²) in [4.78, 5) is 0. The second-order valence-electron chi connectivity index (χ2n) is 9.46. The van der Waals surface area contributed by atoms with E-state index in [1.165, 1.54) is 63.5 Å². The molecule has 0 aromatic heterocycles. The Labute approximate surface area is 195 Å². The van der Waals surface area contributed by atoms with Gasteiger partial charge in [-0.25, -0.2) is 4.39 Å². The van der Waals surface area contributed by atoms with Gasteiger partial charge in [-0.2, -0.15) is 0 Å². The monoisotopic (exact) mass is 464 g/mol. The van der Waals surface area contributed by atoms with Crippen LogP contribution in [-0.2, 0) is 12.8 Å². The number of rotatable bonds is 11. The predicted octanol–water partition coefficient (Wildman–Crippen LogP) is 9.14. The van der Waals surface area contributed by atoms with E-state index in [4.69, 9.17) is 0 Å². The molecule has 5 heteroatoms. The summed E-state index contributed by atoms with van der Waals surface area (Å²) in [5, 5.41) is 0. The Bertz CT molecular complexity index is 836. The lowest BCUT2D eigenvalue weighted by atomic mass is 9.77. The van der Waals surface area contributed by atoms with Crippen LogP contribution in [0.4, 0.5) is 17.6 Å². The first-order chi connectivity index (χ1) is 15.8. The van der Waals surface area contributed by atoms with Crippen molar-refractivity contribution in [1.82, 2.24) is 0 Å². The quantitative estimate of drug-likeness (QED) is 0.238. The Morgan fingerprint density at radius 2 is 1.55 bits per heavy atom. The van der Waals surface area contributed by atoms with Crippen LogP contribution in [0.15, 0.2) is 42.5 Å². The van der Waals surface area contributed by atoms with Gasteiger partial charge >= 0.3 is 6.36 Å². The van der Waals surface area contributed by atoms with Crippen molar-refractivity contribution in [3.05, 3.63) is 65.0 Å². The summed E-state index contributed by atoms with van der Waals surface area (Å²) >= 11 is 0. The Kier molecular flexibility index (Phi) is 9.64. The van der Waals surface area contributed by atoms with Gasteiger partial charge in [-0.3, -0.25) is 0 Å². The van der Waals surface area contributed by atoms with Crippen LogP contribution in [-0.4, -0.2) is 6.36 Å². The summed E-state index contributed by atoms with van der Waals surface area (Å²) in [5.74, 6) is 0.863. The van der Waals surface area contributed by atoms with Crippen LogP contribution < -0.4 is 4.74 Å². The van der Waals surface area contributed by atoms with E-state index in [1.54, 1.807) is 18.2 Å². The minimum absolute atomic E-state index is 0.178. The number of unbranched alkanes of at least 4 members (excludes halogenated alkanes) is 4. The van der Waals surface area contributed by atoms with E-state index in [0.29, 0.717) is 24.3 Å². The van der Waals surface area contributed by atoms with Gasteiger partial charge in [0.15, 0.2) is 0 Å². The highest BCUT2D eigenvalue weighted by atomic mass is 19.4. The largest absolute Gasteiger partial charge is 0.573 e. The Hall–Kier alpha value is -2.04. The van der Waals surface area contributed by atoms with Crippen LogP contribution in [0.1, 0.15) is 93.7 Å². The van der Waals surface area contributed by atoms with Gasteiger partial charge in [0.25, 0.3) is 0 Å². The summed E-state index contributed by atoms with van der Waals surface area (Å²) in [6, 6.07) is 11.4. The van der Waals surface area contributed by atoms with Crippen molar-refractivity contribution >= 4 is 0 Å². The molecule has 33 heavy (non-hydrogen) atoms. The second-order valence-corrected chi connectivity index (χ2v) is 9.46. The molecule has 1 saturated carbocycles. The van der Waals surface area contributed by atoms with Crippen molar-refractivity contribution in [1.29, 1.82) is 0 Å². The minimum Gasteiger partial charge on any atom is -0.406 e. The Morgan fingerprint density at radius 3 is 2.18 bits per heavy atom. The smallest absolute Gasteiger partial charge is 0.406 e. The summed E-state index contributed by atoms with van der Waals surface area (Å²) in [6.45, 7) is 2.25. The summed E-state index contributed by atoms with van der Waals surface area (Å²) in [5.41, 5.74) is 2.60. The van der Waals surface area contributed by atoms with Gasteiger partial charge in [0, 0.05) is 0 Å². The molecule has 1 nitrogen and oxygen atoms in total.